The van der Waals surface area contributed by atoms with Gasteiger partial charge in [-0.1, -0.05) is 18.2 Å². The number of carbonyl (C=O) groups is 1. The Morgan fingerprint density at radius 3 is 2.70 bits per heavy atom. The van der Waals surface area contributed by atoms with Crippen molar-refractivity contribution in [3.8, 4) is 0 Å². The average Bonchev–Trinajstić information content (AvgIpc) is 2.99. The van der Waals surface area contributed by atoms with Crippen LogP contribution in [0, 0.1) is 5.92 Å². The molecule has 144 valence electrons. The number of amides is 1. The van der Waals surface area contributed by atoms with Crippen molar-refractivity contribution in [3.05, 3.63) is 42.1 Å². The predicted molar refractivity (Wildman–Crippen MR) is 103 cm³/mol. The molecule has 4 heterocycles. The highest BCUT2D eigenvalue weighted by molar-refractivity contribution is 7.86. The monoisotopic (exact) mass is 388 g/mol. The maximum atomic E-state index is 13.2. The molecule has 2 bridgehead atoms. The molecule has 7 nitrogen and oxygen atoms in total. The van der Waals surface area contributed by atoms with Gasteiger partial charge < -0.3 is 4.90 Å². The minimum Gasteiger partial charge on any atom is -0.334 e. The lowest BCUT2D eigenvalue weighted by Crippen LogP contribution is -2.48. The first kappa shape index (κ1) is 18.3. The standard InChI is InChI=1S/C19H24N4O3S/c1-21(2)27(25,26)22-11-14-7-8-17(13-22)23(12-14)19(24)16-9-15-5-3-4-6-18(15)20-10-16/h3-6,9-10,14,17H,7-8,11-13H2,1-2H3/t14-,17+/m0/s1. The van der Waals surface area contributed by atoms with Crippen molar-refractivity contribution in [2.45, 2.75) is 18.9 Å². The number of para-hydroxylation sites is 1. The molecule has 3 aliphatic rings. The Labute approximate surface area is 159 Å². The molecule has 1 aromatic heterocycles. The number of carbonyl (C=O) groups excluding carboxylic acids is 1. The molecule has 3 fully saturated rings. The van der Waals surface area contributed by atoms with Gasteiger partial charge in [-0.15, -0.1) is 0 Å². The third-order valence-corrected chi connectivity index (χ3v) is 7.44. The summed E-state index contributed by atoms with van der Waals surface area (Å²) in [6, 6.07) is 9.48. The van der Waals surface area contributed by atoms with Gasteiger partial charge in [0, 0.05) is 51.4 Å². The Bertz CT molecular complexity index is 976. The highest BCUT2D eigenvalue weighted by Gasteiger charge is 2.41. The van der Waals surface area contributed by atoms with Gasteiger partial charge in [-0.05, 0) is 30.9 Å². The molecule has 3 aliphatic heterocycles. The molecule has 0 spiro atoms. The van der Waals surface area contributed by atoms with E-state index in [1.54, 1.807) is 20.3 Å². The number of fused-ring (bicyclic) bond motifs is 5. The van der Waals surface area contributed by atoms with Gasteiger partial charge >= 0.3 is 0 Å². The summed E-state index contributed by atoms with van der Waals surface area (Å²) in [6.07, 6.45) is 3.40. The third kappa shape index (κ3) is 3.33. The zero-order chi connectivity index (χ0) is 19.2. The molecule has 8 heteroatoms. The van der Waals surface area contributed by atoms with Crippen LogP contribution in [0.15, 0.2) is 36.5 Å². The Hall–Kier alpha value is -2.03. The Kier molecular flexibility index (Phi) is 4.65. The number of hydrogen-bond donors (Lipinski definition) is 0. The van der Waals surface area contributed by atoms with Crippen LogP contribution in [0.25, 0.3) is 10.9 Å². The van der Waals surface area contributed by atoms with Crippen LogP contribution < -0.4 is 0 Å². The molecule has 0 radical (unpaired) electrons. The number of piperidine rings is 1. The highest BCUT2D eigenvalue weighted by atomic mass is 32.2. The first-order valence-corrected chi connectivity index (χ1v) is 10.6. The van der Waals surface area contributed by atoms with Crippen LogP contribution in [0.3, 0.4) is 0 Å². The lowest BCUT2D eigenvalue weighted by molar-refractivity contribution is 0.0588. The van der Waals surface area contributed by atoms with E-state index in [-0.39, 0.29) is 17.9 Å². The fourth-order valence-electron chi connectivity index (χ4n) is 4.06. The van der Waals surface area contributed by atoms with Gasteiger partial charge in [0.1, 0.15) is 0 Å². The minimum absolute atomic E-state index is 0.0629. The van der Waals surface area contributed by atoms with Crippen LogP contribution in [0.5, 0.6) is 0 Å². The van der Waals surface area contributed by atoms with Gasteiger partial charge in [0.15, 0.2) is 0 Å². The van der Waals surface area contributed by atoms with Gasteiger partial charge in [0.25, 0.3) is 16.1 Å². The second kappa shape index (κ2) is 6.85. The zero-order valence-corrected chi connectivity index (χ0v) is 16.4. The van der Waals surface area contributed by atoms with Crippen molar-refractivity contribution < 1.29 is 13.2 Å². The van der Waals surface area contributed by atoms with Crippen LogP contribution in [0.2, 0.25) is 0 Å². The number of rotatable bonds is 3. The summed E-state index contributed by atoms with van der Waals surface area (Å²) in [5.41, 5.74) is 1.41. The topological polar surface area (TPSA) is 73.8 Å². The largest absolute Gasteiger partial charge is 0.334 e. The normalized spacial score (nSPS) is 23.7. The molecule has 5 rings (SSSR count). The van der Waals surface area contributed by atoms with E-state index in [0.717, 1.165) is 23.7 Å². The smallest absolute Gasteiger partial charge is 0.281 e. The van der Waals surface area contributed by atoms with Crippen molar-refractivity contribution >= 4 is 27.0 Å². The summed E-state index contributed by atoms with van der Waals surface area (Å²) in [5.74, 6) is 0.0999. The molecule has 0 N–H and O–H groups in total. The van der Waals surface area contributed by atoms with Crippen molar-refractivity contribution in [2.24, 2.45) is 5.92 Å². The van der Waals surface area contributed by atoms with Gasteiger partial charge in [0.2, 0.25) is 0 Å². The molecule has 0 unspecified atom stereocenters. The maximum absolute atomic E-state index is 13.2. The van der Waals surface area contributed by atoms with E-state index in [0.29, 0.717) is 25.2 Å². The SMILES string of the molecule is CN(C)S(=O)(=O)N1C[C@@H]2CC[C@H](C1)N(C(=O)c1cnc3ccccc3c1)C2. The molecule has 1 amide bonds. The van der Waals surface area contributed by atoms with Crippen LogP contribution >= 0.6 is 0 Å². The molecule has 2 atom stereocenters. The van der Waals surface area contributed by atoms with Crippen molar-refractivity contribution in [2.75, 3.05) is 33.7 Å². The summed E-state index contributed by atoms with van der Waals surface area (Å²) >= 11 is 0. The average molecular weight is 388 g/mol. The van der Waals surface area contributed by atoms with Crippen LogP contribution in [0.4, 0.5) is 0 Å². The lowest BCUT2D eigenvalue weighted by Gasteiger charge is -2.36. The van der Waals surface area contributed by atoms with E-state index in [1.807, 2.05) is 35.2 Å². The minimum atomic E-state index is -3.48. The first-order valence-electron chi connectivity index (χ1n) is 9.19. The molecule has 0 aliphatic carbocycles. The number of hydrogen-bond acceptors (Lipinski definition) is 4. The van der Waals surface area contributed by atoms with E-state index >= 15 is 0 Å². The predicted octanol–water partition coefficient (Wildman–Crippen LogP) is 1.58. The summed E-state index contributed by atoms with van der Waals surface area (Å²) in [7, 11) is -0.380. The molecule has 3 saturated heterocycles. The van der Waals surface area contributed by atoms with E-state index < -0.39 is 10.2 Å². The van der Waals surface area contributed by atoms with Crippen molar-refractivity contribution in [3.63, 3.8) is 0 Å². The van der Waals surface area contributed by atoms with Crippen LogP contribution in [0.1, 0.15) is 23.2 Å². The van der Waals surface area contributed by atoms with Gasteiger partial charge in [-0.25, -0.2) is 0 Å². The lowest BCUT2D eigenvalue weighted by atomic mass is 9.94. The Morgan fingerprint density at radius 1 is 1.15 bits per heavy atom. The molecule has 2 aromatic rings. The second-order valence-corrected chi connectivity index (χ2v) is 9.72. The zero-order valence-electron chi connectivity index (χ0n) is 15.6. The van der Waals surface area contributed by atoms with E-state index in [2.05, 4.69) is 4.98 Å². The summed E-state index contributed by atoms with van der Waals surface area (Å²) in [6.45, 7) is 1.41. The number of pyridine rings is 1. The third-order valence-electron chi connectivity index (χ3n) is 5.57. The quantitative estimate of drug-likeness (QED) is 0.800. The summed E-state index contributed by atoms with van der Waals surface area (Å²) in [5, 5.41) is 0.931. The van der Waals surface area contributed by atoms with Crippen LogP contribution in [-0.2, 0) is 10.2 Å². The molecule has 0 saturated carbocycles. The van der Waals surface area contributed by atoms with Crippen molar-refractivity contribution in [1.82, 2.24) is 18.5 Å². The molecule has 1 aromatic carbocycles. The number of nitrogens with zero attached hydrogens (tertiary/aromatic N) is 4. The maximum Gasteiger partial charge on any atom is 0.281 e. The van der Waals surface area contributed by atoms with E-state index in [9.17, 15) is 13.2 Å². The second-order valence-electron chi connectivity index (χ2n) is 7.58. The first-order chi connectivity index (χ1) is 12.9. The van der Waals surface area contributed by atoms with Crippen LogP contribution in [-0.4, -0.2) is 72.6 Å². The van der Waals surface area contributed by atoms with Gasteiger partial charge in [-0.2, -0.15) is 17.0 Å². The fourth-order valence-corrected chi connectivity index (χ4v) is 5.28. The van der Waals surface area contributed by atoms with E-state index in [4.69, 9.17) is 0 Å². The Morgan fingerprint density at radius 2 is 1.93 bits per heavy atom. The molecular formula is C19H24N4O3S. The fraction of sp³-hybridized carbons (Fsp3) is 0.474. The highest BCUT2D eigenvalue weighted by Crippen LogP contribution is 2.31. The number of benzene rings is 1. The van der Waals surface area contributed by atoms with E-state index in [1.165, 1.54) is 8.61 Å². The van der Waals surface area contributed by atoms with Gasteiger partial charge in [0.05, 0.1) is 11.1 Å². The van der Waals surface area contributed by atoms with Gasteiger partial charge in [-0.3, -0.25) is 9.78 Å². The summed E-state index contributed by atoms with van der Waals surface area (Å²) in [4.78, 5) is 19.4. The van der Waals surface area contributed by atoms with Crippen molar-refractivity contribution in [1.29, 1.82) is 0 Å². The molecule has 27 heavy (non-hydrogen) atoms. The molecular weight excluding hydrogens is 364 g/mol. The summed E-state index contributed by atoms with van der Waals surface area (Å²) < 4.78 is 28.0. The number of aromatic nitrogens is 1. The Balaban J connectivity index is 1.61.